The normalized spacial score (nSPS) is 22.0. The van der Waals surface area contributed by atoms with Crippen molar-refractivity contribution in [1.82, 2.24) is 20.4 Å². The second-order valence-corrected chi connectivity index (χ2v) is 7.58. The Morgan fingerprint density at radius 3 is 2.61 bits per heavy atom. The zero-order chi connectivity index (χ0) is 20.3. The number of nitrogens with one attached hydrogen (secondary N) is 2. The van der Waals surface area contributed by atoms with Gasteiger partial charge in [0.15, 0.2) is 0 Å². The van der Waals surface area contributed by atoms with E-state index in [2.05, 4.69) is 10.6 Å². The van der Waals surface area contributed by atoms with Crippen LogP contribution in [0.25, 0.3) is 0 Å². The molecule has 2 heterocycles. The maximum Gasteiger partial charge on any atom is 0.325 e. The van der Waals surface area contributed by atoms with Crippen molar-refractivity contribution in [2.24, 2.45) is 0 Å². The Morgan fingerprint density at radius 1 is 1.25 bits per heavy atom. The van der Waals surface area contributed by atoms with Crippen LogP contribution in [0.1, 0.15) is 31.7 Å². The van der Waals surface area contributed by atoms with Gasteiger partial charge in [0.2, 0.25) is 11.8 Å². The summed E-state index contributed by atoms with van der Waals surface area (Å²) in [5, 5.41) is 5.87. The number of nitrogens with zero attached hydrogens (tertiary/aromatic N) is 2. The maximum atomic E-state index is 12.8. The lowest BCUT2D eigenvalue weighted by atomic mass is 9.92. The Bertz CT molecular complexity index is 798. The number of carbonyl (C=O) groups is 4. The molecule has 1 aromatic carbocycles. The first kappa shape index (κ1) is 20.1. The van der Waals surface area contributed by atoms with Crippen molar-refractivity contribution in [2.75, 3.05) is 26.2 Å². The molecule has 0 unspecified atom stereocenters. The molecule has 0 saturated carbocycles. The van der Waals surface area contributed by atoms with Crippen LogP contribution in [0.3, 0.4) is 0 Å². The molecule has 9 heteroatoms. The van der Waals surface area contributed by atoms with E-state index in [0.29, 0.717) is 36.5 Å². The van der Waals surface area contributed by atoms with E-state index in [1.165, 1.54) is 0 Å². The number of halogens is 1. The lowest BCUT2D eigenvalue weighted by molar-refractivity contribution is -0.134. The molecule has 0 bridgehead atoms. The molecule has 1 atom stereocenters. The van der Waals surface area contributed by atoms with Gasteiger partial charge in [-0.1, -0.05) is 23.7 Å². The van der Waals surface area contributed by atoms with E-state index >= 15 is 0 Å². The van der Waals surface area contributed by atoms with Crippen LogP contribution >= 0.6 is 11.6 Å². The first-order valence-electron chi connectivity index (χ1n) is 9.26. The largest absolute Gasteiger partial charge is 0.354 e. The average Bonchev–Trinajstić information content (AvgIpc) is 3.16. The molecule has 150 valence electrons. The predicted molar refractivity (Wildman–Crippen MR) is 102 cm³/mol. The van der Waals surface area contributed by atoms with Crippen LogP contribution in [-0.4, -0.2) is 59.7 Å². The monoisotopic (exact) mass is 406 g/mol. The lowest BCUT2D eigenvalue weighted by Crippen LogP contribution is -2.43. The molecule has 5 amide bonds. The number of urea groups is 1. The van der Waals surface area contributed by atoms with Crippen LogP contribution < -0.4 is 10.6 Å². The van der Waals surface area contributed by atoms with Crippen molar-refractivity contribution in [3.05, 3.63) is 34.9 Å². The highest BCUT2D eigenvalue weighted by molar-refractivity contribution is 6.30. The van der Waals surface area contributed by atoms with E-state index in [4.69, 9.17) is 11.6 Å². The van der Waals surface area contributed by atoms with E-state index in [1.54, 1.807) is 36.1 Å². The van der Waals surface area contributed by atoms with Crippen molar-refractivity contribution in [2.45, 2.75) is 31.7 Å². The van der Waals surface area contributed by atoms with Crippen LogP contribution in [0, 0.1) is 0 Å². The van der Waals surface area contributed by atoms with Crippen molar-refractivity contribution in [3.8, 4) is 0 Å². The minimum absolute atomic E-state index is 0.146. The Hall–Kier alpha value is -2.61. The summed E-state index contributed by atoms with van der Waals surface area (Å²) in [6.07, 6.45) is 2.09. The highest BCUT2D eigenvalue weighted by Gasteiger charge is 2.49. The molecule has 0 aliphatic carbocycles. The lowest BCUT2D eigenvalue weighted by Gasteiger charge is -2.22. The Balaban J connectivity index is 1.51. The van der Waals surface area contributed by atoms with Crippen LogP contribution in [0.2, 0.25) is 5.02 Å². The fraction of sp³-hybridized carbons (Fsp3) is 0.474. The summed E-state index contributed by atoms with van der Waals surface area (Å²) in [5.41, 5.74) is -0.647. The van der Waals surface area contributed by atoms with Gasteiger partial charge in [0.1, 0.15) is 12.1 Å². The summed E-state index contributed by atoms with van der Waals surface area (Å²) < 4.78 is 0. The van der Waals surface area contributed by atoms with Gasteiger partial charge in [-0.05, 0) is 37.5 Å². The number of amides is 5. The molecule has 2 aliphatic heterocycles. The third-order valence-electron chi connectivity index (χ3n) is 5.10. The number of hydrogen-bond donors (Lipinski definition) is 2. The van der Waals surface area contributed by atoms with Crippen LogP contribution in [0.15, 0.2) is 24.3 Å². The highest BCUT2D eigenvalue weighted by Crippen LogP contribution is 2.29. The van der Waals surface area contributed by atoms with Crippen molar-refractivity contribution >= 4 is 35.4 Å². The molecule has 28 heavy (non-hydrogen) atoms. The second-order valence-electron chi connectivity index (χ2n) is 7.14. The number of likely N-dealkylation sites (tertiary alicyclic amines) is 1. The van der Waals surface area contributed by atoms with Gasteiger partial charge in [-0.25, -0.2) is 4.79 Å². The first-order valence-corrected chi connectivity index (χ1v) is 9.63. The summed E-state index contributed by atoms with van der Waals surface area (Å²) in [7, 11) is 0. The zero-order valence-corrected chi connectivity index (χ0v) is 16.4. The van der Waals surface area contributed by atoms with Gasteiger partial charge in [0.25, 0.3) is 5.91 Å². The number of imide groups is 1. The summed E-state index contributed by atoms with van der Waals surface area (Å²) >= 11 is 5.88. The van der Waals surface area contributed by atoms with E-state index in [9.17, 15) is 19.2 Å². The first-order chi connectivity index (χ1) is 13.3. The predicted octanol–water partition coefficient (Wildman–Crippen LogP) is 1.24. The molecule has 0 radical (unpaired) electrons. The van der Waals surface area contributed by atoms with Gasteiger partial charge in [-0.15, -0.1) is 0 Å². The Morgan fingerprint density at radius 2 is 1.96 bits per heavy atom. The summed E-state index contributed by atoms with van der Waals surface area (Å²) in [5.74, 6) is -0.763. The molecule has 0 aromatic heterocycles. The van der Waals surface area contributed by atoms with E-state index < -0.39 is 23.4 Å². The number of benzene rings is 1. The third kappa shape index (κ3) is 4.11. The molecule has 1 aromatic rings. The molecular formula is C19H23ClN4O4. The molecule has 3 rings (SSSR count). The van der Waals surface area contributed by atoms with Gasteiger partial charge < -0.3 is 15.5 Å². The maximum absolute atomic E-state index is 12.8. The van der Waals surface area contributed by atoms with E-state index in [-0.39, 0.29) is 12.5 Å². The van der Waals surface area contributed by atoms with Crippen molar-refractivity contribution in [1.29, 1.82) is 0 Å². The fourth-order valence-electron chi connectivity index (χ4n) is 3.46. The molecule has 2 N–H and O–H groups in total. The van der Waals surface area contributed by atoms with Crippen LogP contribution in [-0.2, 0) is 19.9 Å². The third-order valence-corrected chi connectivity index (χ3v) is 5.35. The average molecular weight is 407 g/mol. The molecule has 2 saturated heterocycles. The number of carbonyl (C=O) groups excluding carboxylic acids is 4. The van der Waals surface area contributed by atoms with Gasteiger partial charge >= 0.3 is 6.03 Å². The van der Waals surface area contributed by atoms with Crippen molar-refractivity contribution < 1.29 is 19.2 Å². The molecular weight excluding hydrogens is 384 g/mol. The summed E-state index contributed by atoms with van der Waals surface area (Å²) in [4.78, 5) is 51.4. The van der Waals surface area contributed by atoms with Gasteiger partial charge in [-0.3, -0.25) is 19.3 Å². The SMILES string of the molecule is C[C@@]1(c2ccc(Cl)cc2)NC(=O)N(CC(=O)NCCCN2CCCC2=O)C1=O. The molecule has 2 aliphatic rings. The zero-order valence-electron chi connectivity index (χ0n) is 15.7. The minimum atomic E-state index is -1.24. The van der Waals surface area contributed by atoms with Gasteiger partial charge in [0.05, 0.1) is 0 Å². The fourth-order valence-corrected chi connectivity index (χ4v) is 3.58. The molecule has 2 fully saturated rings. The Kier molecular flexibility index (Phi) is 5.88. The molecule has 8 nitrogen and oxygen atoms in total. The highest BCUT2D eigenvalue weighted by atomic mass is 35.5. The van der Waals surface area contributed by atoms with Gasteiger partial charge in [-0.2, -0.15) is 0 Å². The smallest absolute Gasteiger partial charge is 0.325 e. The van der Waals surface area contributed by atoms with Crippen LogP contribution in [0.4, 0.5) is 4.79 Å². The van der Waals surface area contributed by atoms with E-state index in [0.717, 1.165) is 17.9 Å². The second kappa shape index (κ2) is 8.18. The summed E-state index contributed by atoms with van der Waals surface area (Å²) in [6, 6.07) is 6.01. The van der Waals surface area contributed by atoms with Crippen LogP contribution in [0.5, 0.6) is 0 Å². The minimum Gasteiger partial charge on any atom is -0.354 e. The standard InChI is InChI=1S/C19H23ClN4O4/c1-19(13-5-7-14(20)8-6-13)17(27)24(18(28)22-19)12-15(25)21-9-3-11-23-10-2-4-16(23)26/h5-8H,2-4,9-12H2,1H3,(H,21,25)(H,22,28)/t19-/m0/s1. The topological polar surface area (TPSA) is 98.8 Å². The van der Waals surface area contributed by atoms with Gasteiger partial charge in [0, 0.05) is 31.1 Å². The quantitative estimate of drug-likeness (QED) is 0.525. The number of hydrogen-bond acceptors (Lipinski definition) is 4. The van der Waals surface area contributed by atoms with Crippen molar-refractivity contribution in [3.63, 3.8) is 0 Å². The number of rotatable bonds is 7. The van der Waals surface area contributed by atoms with E-state index in [1.807, 2.05) is 0 Å². The Labute approximate surface area is 168 Å². The summed E-state index contributed by atoms with van der Waals surface area (Å²) in [6.45, 7) is 2.98. The molecule has 0 spiro atoms.